The van der Waals surface area contributed by atoms with E-state index in [0.717, 1.165) is 6.92 Å². The lowest BCUT2D eigenvalue weighted by atomic mass is 9.91. The summed E-state index contributed by atoms with van der Waals surface area (Å²) in [5.74, 6) is -6.06. The van der Waals surface area contributed by atoms with Crippen LogP contribution in [0.5, 0.6) is 0 Å². The van der Waals surface area contributed by atoms with Crippen LogP contribution in [0.25, 0.3) is 0 Å². The number of Topliss-reactive ketones (excluding diaryl/α,β-unsaturated/α-hetero) is 1. The fourth-order valence-electron chi connectivity index (χ4n) is 1.84. The molecule has 0 saturated carbocycles. The van der Waals surface area contributed by atoms with Gasteiger partial charge in [0.15, 0.2) is 5.78 Å². The van der Waals surface area contributed by atoms with E-state index in [4.69, 9.17) is 14.9 Å². The van der Waals surface area contributed by atoms with E-state index in [1.165, 1.54) is 0 Å². The van der Waals surface area contributed by atoms with Crippen LogP contribution in [0.1, 0.15) is 13.3 Å². The predicted molar refractivity (Wildman–Crippen MR) is 57.8 cm³/mol. The zero-order valence-electron chi connectivity index (χ0n) is 10.1. The largest absolute Gasteiger partial charge is 0.477 e. The van der Waals surface area contributed by atoms with Crippen LogP contribution >= 0.6 is 0 Å². The number of carboxylic acids is 1. The van der Waals surface area contributed by atoms with Gasteiger partial charge < -0.3 is 30.5 Å². The van der Waals surface area contributed by atoms with Gasteiger partial charge in [-0.15, -0.1) is 0 Å². The van der Waals surface area contributed by atoms with Crippen molar-refractivity contribution in [2.45, 2.75) is 37.4 Å². The van der Waals surface area contributed by atoms with Crippen LogP contribution in [0.4, 0.5) is 0 Å². The van der Waals surface area contributed by atoms with Crippen molar-refractivity contribution < 1.29 is 39.5 Å². The van der Waals surface area contributed by atoms with Crippen molar-refractivity contribution in [3.63, 3.8) is 0 Å². The Morgan fingerprint density at radius 3 is 2.42 bits per heavy atom. The lowest BCUT2D eigenvalue weighted by molar-refractivity contribution is -0.272. The molecule has 1 aliphatic rings. The molecule has 0 aromatic carbocycles. The van der Waals surface area contributed by atoms with Crippen molar-refractivity contribution in [3.8, 4) is 0 Å². The van der Waals surface area contributed by atoms with Crippen LogP contribution in [-0.2, 0) is 19.1 Å². The highest BCUT2D eigenvalue weighted by Crippen LogP contribution is 2.28. The van der Waals surface area contributed by atoms with E-state index >= 15 is 0 Å². The summed E-state index contributed by atoms with van der Waals surface area (Å²) in [6.45, 7) is 0.147. The summed E-state index contributed by atoms with van der Waals surface area (Å²) in [5.41, 5.74) is 0. The lowest BCUT2D eigenvalue weighted by Gasteiger charge is -2.41. The minimum Gasteiger partial charge on any atom is -0.477 e. The zero-order chi connectivity index (χ0) is 14.8. The second-order valence-corrected chi connectivity index (χ2v) is 4.25. The van der Waals surface area contributed by atoms with Gasteiger partial charge in [-0.05, 0) is 0 Å². The minimum absolute atomic E-state index is 0.579. The van der Waals surface area contributed by atoms with Gasteiger partial charge in [0.05, 0.1) is 12.1 Å². The molecule has 1 rings (SSSR count). The first-order valence-electron chi connectivity index (χ1n) is 5.43. The highest BCUT2D eigenvalue weighted by atomic mass is 16.7. The molecule has 4 atom stereocenters. The summed E-state index contributed by atoms with van der Waals surface area (Å²) in [5, 5.41) is 39.2. The highest BCUT2D eigenvalue weighted by Gasteiger charge is 2.52. The van der Waals surface area contributed by atoms with Crippen molar-refractivity contribution >= 4 is 17.7 Å². The summed E-state index contributed by atoms with van der Waals surface area (Å²) in [4.78, 5) is 33.3. The van der Waals surface area contributed by atoms with E-state index in [9.17, 15) is 24.6 Å². The van der Waals surface area contributed by atoms with Gasteiger partial charge in [0, 0.05) is 13.3 Å². The summed E-state index contributed by atoms with van der Waals surface area (Å²) in [6.07, 6.45) is -3.89. The molecular formula is C10H15NO8. The molecule has 108 valence electrons. The van der Waals surface area contributed by atoms with Gasteiger partial charge in [-0.2, -0.15) is 0 Å². The molecule has 4 unspecified atom stereocenters. The molecular weight excluding hydrogens is 262 g/mol. The van der Waals surface area contributed by atoms with Crippen molar-refractivity contribution in [2.24, 2.45) is 0 Å². The second kappa shape index (κ2) is 5.61. The molecule has 9 heteroatoms. The number of aliphatic carboxylic acids is 1. The number of carboxylic acid groups (broad SMARTS) is 1. The Balaban J connectivity index is 3.03. The van der Waals surface area contributed by atoms with Gasteiger partial charge in [-0.25, -0.2) is 4.79 Å². The highest BCUT2D eigenvalue weighted by molar-refractivity contribution is 5.87. The molecule has 0 aliphatic carbocycles. The summed E-state index contributed by atoms with van der Waals surface area (Å²) in [6, 6.07) is -1.24. The number of ether oxygens (including phenoxy) is 1. The van der Waals surface area contributed by atoms with E-state index < -0.39 is 54.7 Å². The van der Waals surface area contributed by atoms with Crippen molar-refractivity contribution in [3.05, 3.63) is 0 Å². The zero-order valence-corrected chi connectivity index (χ0v) is 10.1. The number of aliphatic hydroxyl groups excluding tert-OH is 2. The Labute approximate surface area is 107 Å². The van der Waals surface area contributed by atoms with Gasteiger partial charge in [0.2, 0.25) is 5.91 Å². The molecule has 5 N–H and O–H groups in total. The first-order valence-corrected chi connectivity index (χ1v) is 5.43. The SMILES string of the molecule is CC(=O)NC1C(O)CC(O)(C(=O)O)OC1C(=O)CO. The number of amides is 1. The summed E-state index contributed by atoms with van der Waals surface area (Å²) >= 11 is 0. The quantitative estimate of drug-likeness (QED) is 0.364. The van der Waals surface area contributed by atoms with Gasteiger partial charge in [-0.3, -0.25) is 9.59 Å². The normalized spacial score (nSPS) is 34.6. The maximum Gasteiger partial charge on any atom is 0.364 e. The number of carbonyl (C=O) groups excluding carboxylic acids is 2. The van der Waals surface area contributed by atoms with E-state index in [1.54, 1.807) is 0 Å². The lowest BCUT2D eigenvalue weighted by Crippen LogP contribution is -2.65. The number of nitrogens with one attached hydrogen (secondary N) is 1. The van der Waals surface area contributed by atoms with Crippen molar-refractivity contribution in [1.82, 2.24) is 5.32 Å². The van der Waals surface area contributed by atoms with Crippen LogP contribution < -0.4 is 5.32 Å². The maximum atomic E-state index is 11.5. The van der Waals surface area contributed by atoms with Gasteiger partial charge in [0.1, 0.15) is 12.7 Å². The first kappa shape index (κ1) is 15.5. The molecule has 9 nitrogen and oxygen atoms in total. The Morgan fingerprint density at radius 2 is 2.00 bits per heavy atom. The summed E-state index contributed by atoms with van der Waals surface area (Å²) in [7, 11) is 0. The monoisotopic (exact) mass is 277 g/mol. The standard InChI is InChI=1S/C10H15NO8/c1-4(13)11-7-5(14)2-10(18,9(16)17)19-8(7)6(15)3-12/h5,7-8,12,14,18H,2-3H2,1H3,(H,11,13)(H,16,17). The number of rotatable bonds is 4. The first-order chi connectivity index (χ1) is 8.71. The van der Waals surface area contributed by atoms with Crippen molar-refractivity contribution in [1.29, 1.82) is 0 Å². The third-order valence-electron chi connectivity index (χ3n) is 2.73. The third-order valence-corrected chi connectivity index (χ3v) is 2.73. The number of aliphatic hydroxyl groups is 3. The van der Waals surface area contributed by atoms with Crippen LogP contribution in [0.3, 0.4) is 0 Å². The molecule has 1 fully saturated rings. The van der Waals surface area contributed by atoms with Crippen LogP contribution in [0.2, 0.25) is 0 Å². The molecule has 0 aromatic heterocycles. The van der Waals surface area contributed by atoms with E-state index in [1.807, 2.05) is 0 Å². The van der Waals surface area contributed by atoms with E-state index in [0.29, 0.717) is 0 Å². The molecule has 0 radical (unpaired) electrons. The Hall–Kier alpha value is -1.55. The average Bonchev–Trinajstić information content (AvgIpc) is 2.30. The van der Waals surface area contributed by atoms with E-state index in [2.05, 4.69) is 5.32 Å². The van der Waals surface area contributed by atoms with Crippen LogP contribution in [0.15, 0.2) is 0 Å². The predicted octanol–water partition coefficient (Wildman–Crippen LogP) is -3.02. The molecule has 1 aliphatic heterocycles. The van der Waals surface area contributed by atoms with Crippen LogP contribution in [-0.4, -0.2) is 68.7 Å². The van der Waals surface area contributed by atoms with E-state index in [-0.39, 0.29) is 0 Å². The molecule has 1 saturated heterocycles. The van der Waals surface area contributed by atoms with Crippen LogP contribution in [0, 0.1) is 0 Å². The number of hydrogen-bond acceptors (Lipinski definition) is 7. The fraction of sp³-hybridized carbons (Fsp3) is 0.700. The maximum absolute atomic E-state index is 11.5. The average molecular weight is 277 g/mol. The number of carbonyl (C=O) groups is 3. The summed E-state index contributed by atoms with van der Waals surface area (Å²) < 4.78 is 4.74. The van der Waals surface area contributed by atoms with Gasteiger partial charge in [-0.1, -0.05) is 0 Å². The Morgan fingerprint density at radius 1 is 1.42 bits per heavy atom. The third kappa shape index (κ3) is 3.26. The number of ketones is 1. The topological polar surface area (TPSA) is 153 Å². The number of hydrogen-bond donors (Lipinski definition) is 5. The molecule has 0 spiro atoms. The Kier molecular flexibility index (Phi) is 4.58. The minimum atomic E-state index is -2.75. The molecule has 0 bridgehead atoms. The van der Waals surface area contributed by atoms with Crippen molar-refractivity contribution in [2.75, 3.05) is 6.61 Å². The smallest absolute Gasteiger partial charge is 0.364 e. The fourth-order valence-corrected chi connectivity index (χ4v) is 1.84. The van der Waals surface area contributed by atoms with Gasteiger partial charge in [0.25, 0.3) is 5.79 Å². The second-order valence-electron chi connectivity index (χ2n) is 4.25. The Bertz CT molecular complexity index is 397. The molecule has 1 heterocycles. The molecule has 0 aromatic rings. The molecule has 19 heavy (non-hydrogen) atoms. The van der Waals surface area contributed by atoms with Gasteiger partial charge >= 0.3 is 5.97 Å². The molecule has 1 amide bonds.